The number of tetrazole rings is 1. The second-order valence-corrected chi connectivity index (χ2v) is 10.7. The Bertz CT molecular complexity index is 1250. The minimum atomic E-state index is -3.80. The summed E-state index contributed by atoms with van der Waals surface area (Å²) in [6, 6.07) is 11.5. The molecule has 1 aliphatic rings. The van der Waals surface area contributed by atoms with E-state index in [2.05, 4.69) is 22.4 Å². The number of aromatic nitrogens is 4. The summed E-state index contributed by atoms with van der Waals surface area (Å²) >= 11 is 1.01. The number of nitro groups is 1. The molecule has 0 aliphatic carbocycles. The van der Waals surface area contributed by atoms with Crippen LogP contribution in [0.1, 0.15) is 25.3 Å². The number of para-hydroxylation sites is 1. The molecule has 0 amide bonds. The topological polar surface area (TPSA) is 124 Å². The monoisotopic (exact) mass is 474 g/mol. The van der Waals surface area contributed by atoms with Crippen LogP contribution in [0.5, 0.6) is 0 Å². The van der Waals surface area contributed by atoms with E-state index in [1.807, 2.05) is 31.2 Å². The van der Waals surface area contributed by atoms with Crippen molar-refractivity contribution >= 4 is 27.5 Å². The zero-order chi connectivity index (χ0) is 22.9. The van der Waals surface area contributed by atoms with E-state index >= 15 is 0 Å². The number of benzene rings is 2. The summed E-state index contributed by atoms with van der Waals surface area (Å²) < 4.78 is 29.0. The number of hydrogen-bond donors (Lipinski definition) is 0. The molecule has 1 saturated heterocycles. The Kier molecular flexibility index (Phi) is 6.26. The van der Waals surface area contributed by atoms with E-state index in [1.54, 1.807) is 0 Å². The second-order valence-electron chi connectivity index (χ2n) is 7.74. The number of piperidine rings is 1. The average Bonchev–Trinajstić information content (AvgIpc) is 3.22. The largest absolute Gasteiger partial charge is 0.284 e. The van der Waals surface area contributed by atoms with E-state index in [9.17, 15) is 18.5 Å². The lowest BCUT2D eigenvalue weighted by Crippen LogP contribution is -2.37. The van der Waals surface area contributed by atoms with Gasteiger partial charge >= 0.3 is 0 Å². The van der Waals surface area contributed by atoms with Gasteiger partial charge in [0.25, 0.3) is 5.69 Å². The molecule has 4 rings (SSSR count). The zero-order valence-electron chi connectivity index (χ0n) is 17.6. The Labute approximate surface area is 189 Å². The van der Waals surface area contributed by atoms with Gasteiger partial charge in [-0.3, -0.25) is 10.1 Å². The summed E-state index contributed by atoms with van der Waals surface area (Å²) in [6.45, 7) is 4.83. The van der Waals surface area contributed by atoms with Crippen molar-refractivity contribution in [1.29, 1.82) is 0 Å². The Balaban J connectivity index is 1.67. The van der Waals surface area contributed by atoms with Crippen LogP contribution >= 0.6 is 11.8 Å². The Hall–Kier alpha value is -2.83. The quantitative estimate of drug-likeness (QED) is 0.393. The number of nitrogens with zero attached hydrogens (tertiary/aromatic N) is 6. The Morgan fingerprint density at radius 2 is 1.88 bits per heavy atom. The first kappa shape index (κ1) is 22.4. The van der Waals surface area contributed by atoms with E-state index < -0.39 is 14.9 Å². The molecule has 1 fully saturated rings. The van der Waals surface area contributed by atoms with Crippen molar-refractivity contribution in [3.8, 4) is 5.69 Å². The van der Waals surface area contributed by atoms with Crippen molar-refractivity contribution < 1.29 is 13.3 Å². The highest BCUT2D eigenvalue weighted by Gasteiger charge is 2.30. The molecule has 1 aromatic heterocycles. The van der Waals surface area contributed by atoms with Crippen LogP contribution in [0.25, 0.3) is 5.69 Å². The number of sulfonamides is 1. The zero-order valence-corrected chi connectivity index (χ0v) is 19.2. The molecule has 10 nitrogen and oxygen atoms in total. The van der Waals surface area contributed by atoms with Gasteiger partial charge in [0.2, 0.25) is 15.2 Å². The van der Waals surface area contributed by atoms with Gasteiger partial charge in [0.05, 0.1) is 20.4 Å². The van der Waals surface area contributed by atoms with Crippen LogP contribution in [0.2, 0.25) is 0 Å². The Morgan fingerprint density at radius 3 is 2.56 bits per heavy atom. The molecule has 3 aromatic rings. The van der Waals surface area contributed by atoms with Gasteiger partial charge in [-0.2, -0.15) is 8.99 Å². The predicted molar refractivity (Wildman–Crippen MR) is 118 cm³/mol. The average molecular weight is 475 g/mol. The van der Waals surface area contributed by atoms with Gasteiger partial charge in [0, 0.05) is 19.2 Å². The highest BCUT2D eigenvalue weighted by molar-refractivity contribution is 7.99. The molecule has 0 N–H and O–H groups in total. The summed E-state index contributed by atoms with van der Waals surface area (Å²) in [4.78, 5) is 11.4. The minimum Gasteiger partial charge on any atom is -0.258 e. The molecule has 0 unspecified atom stereocenters. The lowest BCUT2D eigenvalue weighted by atomic mass is 10.0. The third kappa shape index (κ3) is 4.38. The SMILES string of the molecule is Cc1ccccc1-n1nnnc1Sc1ccc(S(=O)(=O)N2CCC(C)CC2)cc1[N+](=O)[O-]. The molecular weight excluding hydrogens is 452 g/mol. The van der Waals surface area contributed by atoms with Crippen molar-refractivity contribution in [1.82, 2.24) is 24.5 Å². The third-order valence-corrected chi connectivity index (χ3v) is 8.39. The molecular formula is C20H22N6O4S2. The van der Waals surface area contributed by atoms with Crippen LogP contribution in [-0.2, 0) is 10.0 Å². The van der Waals surface area contributed by atoms with Crippen molar-refractivity contribution in [3.63, 3.8) is 0 Å². The fourth-order valence-electron chi connectivity index (χ4n) is 3.55. The molecule has 0 radical (unpaired) electrons. The molecule has 0 atom stereocenters. The number of aryl methyl sites for hydroxylation is 1. The van der Waals surface area contributed by atoms with Gasteiger partial charge in [-0.05, 0) is 71.6 Å². The minimum absolute atomic E-state index is 0.0819. The first-order chi connectivity index (χ1) is 15.3. The Morgan fingerprint density at radius 1 is 1.16 bits per heavy atom. The van der Waals surface area contributed by atoms with Crippen molar-refractivity contribution in [2.75, 3.05) is 13.1 Å². The van der Waals surface area contributed by atoms with Gasteiger partial charge in [0.1, 0.15) is 0 Å². The summed E-state index contributed by atoms with van der Waals surface area (Å²) in [5.41, 5.74) is 1.38. The molecule has 0 spiro atoms. The van der Waals surface area contributed by atoms with Gasteiger partial charge < -0.3 is 0 Å². The molecule has 2 aromatic carbocycles. The third-order valence-electron chi connectivity index (χ3n) is 5.49. The maximum absolute atomic E-state index is 13.0. The van der Waals surface area contributed by atoms with E-state index in [-0.39, 0.29) is 15.5 Å². The lowest BCUT2D eigenvalue weighted by Gasteiger charge is -2.29. The second kappa shape index (κ2) is 8.96. The van der Waals surface area contributed by atoms with Crippen LogP contribution in [0.15, 0.2) is 57.4 Å². The van der Waals surface area contributed by atoms with Crippen molar-refractivity contribution in [2.24, 2.45) is 5.92 Å². The van der Waals surface area contributed by atoms with E-state index in [0.29, 0.717) is 24.2 Å². The summed E-state index contributed by atoms with van der Waals surface area (Å²) in [5, 5.41) is 23.8. The molecule has 1 aliphatic heterocycles. The summed E-state index contributed by atoms with van der Waals surface area (Å²) in [5.74, 6) is 0.466. The maximum atomic E-state index is 13.0. The fourth-order valence-corrected chi connectivity index (χ4v) is 5.91. The predicted octanol–water partition coefficient (Wildman–Crippen LogP) is 3.45. The van der Waals surface area contributed by atoms with Gasteiger partial charge in [0.15, 0.2) is 0 Å². The van der Waals surface area contributed by atoms with Crippen LogP contribution in [-0.4, -0.2) is 50.9 Å². The molecule has 168 valence electrons. The molecule has 12 heteroatoms. The van der Waals surface area contributed by atoms with Crippen molar-refractivity contribution in [3.05, 3.63) is 58.1 Å². The lowest BCUT2D eigenvalue weighted by molar-refractivity contribution is -0.388. The van der Waals surface area contributed by atoms with E-state index in [4.69, 9.17) is 0 Å². The molecule has 0 bridgehead atoms. The summed E-state index contributed by atoms with van der Waals surface area (Å²) in [6.07, 6.45) is 1.55. The normalized spacial score (nSPS) is 15.7. The molecule has 32 heavy (non-hydrogen) atoms. The fraction of sp³-hybridized carbons (Fsp3) is 0.350. The van der Waals surface area contributed by atoms with E-state index in [0.717, 1.165) is 41.9 Å². The first-order valence-electron chi connectivity index (χ1n) is 10.1. The standard InChI is InChI=1S/C20H22N6O4S2/c1-14-9-11-24(12-10-14)32(29,30)16-7-8-19(18(13-16)26(27)28)31-20-21-22-23-25(20)17-6-4-3-5-15(17)2/h3-8,13-14H,9-12H2,1-2H3. The number of nitro benzene ring substituents is 1. The maximum Gasteiger partial charge on any atom is 0.284 e. The van der Waals surface area contributed by atoms with Crippen LogP contribution in [0.3, 0.4) is 0 Å². The van der Waals surface area contributed by atoms with Gasteiger partial charge in [-0.1, -0.05) is 25.1 Å². The van der Waals surface area contributed by atoms with Gasteiger partial charge in [-0.25, -0.2) is 8.42 Å². The first-order valence-corrected chi connectivity index (χ1v) is 12.3. The molecule has 2 heterocycles. The summed E-state index contributed by atoms with van der Waals surface area (Å²) in [7, 11) is -3.80. The van der Waals surface area contributed by atoms with E-state index in [1.165, 1.54) is 21.1 Å². The van der Waals surface area contributed by atoms with Crippen LogP contribution < -0.4 is 0 Å². The van der Waals surface area contributed by atoms with Gasteiger partial charge in [-0.15, -0.1) is 5.10 Å². The molecule has 0 saturated carbocycles. The highest BCUT2D eigenvalue weighted by Crippen LogP contribution is 2.37. The highest BCUT2D eigenvalue weighted by atomic mass is 32.2. The van der Waals surface area contributed by atoms with Crippen molar-refractivity contribution in [2.45, 2.75) is 41.6 Å². The number of hydrogen-bond acceptors (Lipinski definition) is 8. The van der Waals surface area contributed by atoms with Crippen LogP contribution in [0, 0.1) is 23.0 Å². The number of rotatable bonds is 6. The van der Waals surface area contributed by atoms with Crippen LogP contribution in [0.4, 0.5) is 5.69 Å². The smallest absolute Gasteiger partial charge is 0.258 e.